The number of carboxylic acid groups (broad SMARTS) is 1. The molecule has 0 bridgehead atoms. The van der Waals surface area contributed by atoms with E-state index in [4.69, 9.17) is 0 Å². The predicted octanol–water partition coefficient (Wildman–Crippen LogP) is 1.89. The number of rotatable bonds is 6. The maximum Gasteiger partial charge on any atom is 0.435 e. The number of halogens is 3. The predicted molar refractivity (Wildman–Crippen MR) is 77.1 cm³/mol. The minimum absolute atomic E-state index is 0.175. The van der Waals surface area contributed by atoms with Crippen LogP contribution in [0.2, 0.25) is 0 Å². The lowest BCUT2D eigenvalue weighted by atomic mass is 9.99. The molecule has 0 spiro atoms. The normalized spacial score (nSPS) is 12.6. The van der Waals surface area contributed by atoms with Crippen molar-refractivity contribution in [3.05, 3.63) is 53.9 Å². The Bertz CT molecular complexity index is 713. The first-order chi connectivity index (χ1) is 11.3. The Hall–Kier alpha value is -2.84. The van der Waals surface area contributed by atoms with Crippen molar-refractivity contribution < 1.29 is 27.9 Å². The van der Waals surface area contributed by atoms with Crippen molar-refractivity contribution in [2.24, 2.45) is 0 Å². The lowest BCUT2D eigenvalue weighted by Gasteiger charge is -2.13. The summed E-state index contributed by atoms with van der Waals surface area (Å²) in [7, 11) is 0. The second-order valence-electron chi connectivity index (χ2n) is 5.00. The largest absolute Gasteiger partial charge is 0.481 e. The van der Waals surface area contributed by atoms with Gasteiger partial charge < -0.3 is 10.4 Å². The number of benzene rings is 1. The standard InChI is InChI=1S/C15H14F3N3O3/c16-15(17,18)12-6-7-21(20-12)9-13(22)19-8-11(14(23)24)10-4-2-1-3-5-10/h1-7,11H,8-9H2,(H,19,22)(H,23,24). The summed E-state index contributed by atoms with van der Waals surface area (Å²) in [6.45, 7) is -0.608. The molecule has 0 aliphatic heterocycles. The number of amides is 1. The molecule has 6 nitrogen and oxygen atoms in total. The Balaban J connectivity index is 1.94. The molecule has 0 saturated heterocycles. The van der Waals surface area contributed by atoms with Crippen molar-refractivity contribution in [3.8, 4) is 0 Å². The molecule has 128 valence electrons. The number of aliphatic carboxylic acids is 1. The monoisotopic (exact) mass is 341 g/mol. The van der Waals surface area contributed by atoms with Crippen LogP contribution in [0.25, 0.3) is 0 Å². The first-order valence-electron chi connectivity index (χ1n) is 6.92. The molecule has 0 radical (unpaired) electrons. The van der Waals surface area contributed by atoms with Crippen LogP contribution in [0.5, 0.6) is 0 Å². The van der Waals surface area contributed by atoms with Gasteiger partial charge in [-0.25, -0.2) is 0 Å². The summed E-state index contributed by atoms with van der Waals surface area (Å²) in [5.41, 5.74) is -0.577. The highest BCUT2D eigenvalue weighted by atomic mass is 19.4. The van der Waals surface area contributed by atoms with E-state index in [1.54, 1.807) is 30.3 Å². The maximum atomic E-state index is 12.4. The molecule has 0 aliphatic carbocycles. The molecule has 1 amide bonds. The molecule has 24 heavy (non-hydrogen) atoms. The van der Waals surface area contributed by atoms with E-state index in [9.17, 15) is 27.9 Å². The van der Waals surface area contributed by atoms with E-state index in [0.29, 0.717) is 5.56 Å². The third-order valence-corrected chi connectivity index (χ3v) is 3.24. The molecule has 2 N–H and O–H groups in total. The number of carbonyl (C=O) groups excluding carboxylic acids is 1. The third-order valence-electron chi connectivity index (χ3n) is 3.24. The Morgan fingerprint density at radius 3 is 2.42 bits per heavy atom. The quantitative estimate of drug-likeness (QED) is 0.840. The average Bonchev–Trinajstić information content (AvgIpc) is 2.97. The highest BCUT2D eigenvalue weighted by Gasteiger charge is 2.33. The number of alkyl halides is 3. The Labute approximate surface area is 134 Å². The van der Waals surface area contributed by atoms with Crippen molar-refractivity contribution in [2.75, 3.05) is 6.54 Å². The van der Waals surface area contributed by atoms with Gasteiger partial charge in [-0.05, 0) is 11.6 Å². The van der Waals surface area contributed by atoms with Crippen LogP contribution < -0.4 is 5.32 Å². The van der Waals surface area contributed by atoms with Crippen molar-refractivity contribution in [2.45, 2.75) is 18.6 Å². The van der Waals surface area contributed by atoms with Crippen LogP contribution in [-0.2, 0) is 22.3 Å². The zero-order valence-corrected chi connectivity index (χ0v) is 12.3. The van der Waals surface area contributed by atoms with E-state index >= 15 is 0 Å². The zero-order valence-electron chi connectivity index (χ0n) is 12.3. The molecule has 2 aromatic rings. The van der Waals surface area contributed by atoms with Crippen LogP contribution in [0.3, 0.4) is 0 Å². The van der Waals surface area contributed by atoms with Crippen LogP contribution in [0.4, 0.5) is 13.2 Å². The second-order valence-corrected chi connectivity index (χ2v) is 5.00. The number of carboxylic acids is 1. The first-order valence-corrected chi connectivity index (χ1v) is 6.92. The van der Waals surface area contributed by atoms with Crippen LogP contribution in [0.15, 0.2) is 42.6 Å². The fourth-order valence-corrected chi connectivity index (χ4v) is 2.05. The molecule has 2 rings (SSSR count). The summed E-state index contributed by atoms with van der Waals surface area (Å²) in [5, 5.41) is 14.9. The maximum absolute atomic E-state index is 12.4. The van der Waals surface area contributed by atoms with Crippen molar-refractivity contribution in [3.63, 3.8) is 0 Å². The van der Waals surface area contributed by atoms with E-state index < -0.39 is 36.2 Å². The number of aromatic nitrogens is 2. The van der Waals surface area contributed by atoms with Crippen molar-refractivity contribution >= 4 is 11.9 Å². The SMILES string of the molecule is O=C(Cn1ccc(C(F)(F)F)n1)NCC(C(=O)O)c1ccccc1. The minimum atomic E-state index is -4.58. The molecule has 1 aromatic heterocycles. The van der Waals surface area contributed by atoms with Crippen LogP contribution in [-0.4, -0.2) is 33.3 Å². The van der Waals surface area contributed by atoms with Gasteiger partial charge in [0.05, 0.1) is 5.92 Å². The van der Waals surface area contributed by atoms with Crippen molar-refractivity contribution in [1.29, 1.82) is 0 Å². The summed E-state index contributed by atoms with van der Waals surface area (Å²) in [6.07, 6.45) is -3.54. The molecule has 1 unspecified atom stereocenters. The van der Waals surface area contributed by atoms with Gasteiger partial charge in [-0.1, -0.05) is 30.3 Å². The molecule has 0 fully saturated rings. The van der Waals surface area contributed by atoms with E-state index in [2.05, 4.69) is 10.4 Å². The molecular formula is C15H14F3N3O3. The Morgan fingerprint density at radius 2 is 1.88 bits per heavy atom. The molecule has 1 aromatic carbocycles. The second kappa shape index (κ2) is 7.16. The number of nitrogens with zero attached hydrogens (tertiary/aromatic N) is 2. The number of carbonyl (C=O) groups is 2. The minimum Gasteiger partial charge on any atom is -0.481 e. The van der Waals surface area contributed by atoms with Gasteiger partial charge in [-0.2, -0.15) is 18.3 Å². The van der Waals surface area contributed by atoms with Gasteiger partial charge in [-0.3, -0.25) is 14.3 Å². The van der Waals surface area contributed by atoms with Gasteiger partial charge >= 0.3 is 12.1 Å². The summed E-state index contributed by atoms with van der Waals surface area (Å²) >= 11 is 0. The zero-order chi connectivity index (χ0) is 17.7. The fraction of sp³-hybridized carbons (Fsp3) is 0.267. The number of hydrogen-bond acceptors (Lipinski definition) is 3. The summed E-state index contributed by atoms with van der Waals surface area (Å²) in [6, 6.07) is 9.08. The Kier molecular flexibility index (Phi) is 5.22. The van der Waals surface area contributed by atoms with Gasteiger partial charge in [-0.15, -0.1) is 0 Å². The lowest BCUT2D eigenvalue weighted by Crippen LogP contribution is -2.34. The molecule has 1 atom stereocenters. The fourth-order valence-electron chi connectivity index (χ4n) is 2.05. The van der Waals surface area contributed by atoms with E-state index in [1.807, 2.05) is 0 Å². The van der Waals surface area contributed by atoms with Gasteiger partial charge in [0.2, 0.25) is 5.91 Å². The number of nitrogens with one attached hydrogen (secondary N) is 1. The van der Waals surface area contributed by atoms with Gasteiger partial charge in [0.15, 0.2) is 5.69 Å². The summed E-state index contributed by atoms with van der Waals surface area (Å²) in [4.78, 5) is 23.1. The van der Waals surface area contributed by atoms with Crippen LogP contribution in [0.1, 0.15) is 17.2 Å². The number of hydrogen-bond donors (Lipinski definition) is 2. The molecule has 0 aliphatic rings. The first kappa shape index (κ1) is 17.5. The van der Waals surface area contributed by atoms with E-state index in [-0.39, 0.29) is 6.54 Å². The molecule has 1 heterocycles. The van der Waals surface area contributed by atoms with Gasteiger partial charge in [0, 0.05) is 12.7 Å². The topological polar surface area (TPSA) is 84.2 Å². The summed E-state index contributed by atoms with van der Waals surface area (Å²) in [5.74, 6) is -2.69. The summed E-state index contributed by atoms with van der Waals surface area (Å²) < 4.78 is 38.1. The third kappa shape index (κ3) is 4.58. The smallest absolute Gasteiger partial charge is 0.435 e. The highest BCUT2D eigenvalue weighted by Crippen LogP contribution is 2.27. The molecular weight excluding hydrogens is 327 g/mol. The van der Waals surface area contributed by atoms with Crippen LogP contribution in [0, 0.1) is 0 Å². The average molecular weight is 341 g/mol. The lowest BCUT2D eigenvalue weighted by molar-refractivity contribution is -0.142. The van der Waals surface area contributed by atoms with E-state index in [0.717, 1.165) is 16.9 Å². The van der Waals surface area contributed by atoms with Crippen LogP contribution >= 0.6 is 0 Å². The highest BCUT2D eigenvalue weighted by molar-refractivity contribution is 5.79. The van der Waals surface area contributed by atoms with Gasteiger partial charge in [0.1, 0.15) is 6.54 Å². The molecule has 0 saturated carbocycles. The van der Waals surface area contributed by atoms with Crippen molar-refractivity contribution in [1.82, 2.24) is 15.1 Å². The Morgan fingerprint density at radius 1 is 1.21 bits per heavy atom. The van der Waals surface area contributed by atoms with E-state index in [1.165, 1.54) is 0 Å². The molecule has 9 heteroatoms. The van der Waals surface area contributed by atoms with Gasteiger partial charge in [0.25, 0.3) is 0 Å².